The molecule has 0 aromatic heterocycles. The number of sulfonamides is 1. The molecule has 0 saturated carbocycles. The smallest absolute Gasteiger partial charge is 0.261 e. The van der Waals surface area contributed by atoms with E-state index >= 15 is 0 Å². The van der Waals surface area contributed by atoms with Crippen LogP contribution in [0.3, 0.4) is 0 Å². The molecule has 0 spiro atoms. The minimum absolute atomic E-state index is 0.0417. The number of anilines is 1. The predicted molar refractivity (Wildman–Crippen MR) is 138 cm³/mol. The van der Waals surface area contributed by atoms with Gasteiger partial charge in [0.05, 0.1) is 28.8 Å². The van der Waals surface area contributed by atoms with Gasteiger partial charge in [0.1, 0.15) is 11.5 Å². The number of amides is 1. The van der Waals surface area contributed by atoms with Gasteiger partial charge in [0.2, 0.25) is 0 Å². The lowest BCUT2D eigenvalue weighted by atomic mass is 9.96. The van der Waals surface area contributed by atoms with Crippen molar-refractivity contribution < 1.29 is 22.7 Å². The lowest BCUT2D eigenvalue weighted by Crippen LogP contribution is -2.31. The SMILES string of the molecule is COc1ccc(NS(=O)(=O)c2ccc(OCC(=O)N[C@H](C)c3cc(C)c(C)cc3C)cc2)cc1Cl. The van der Waals surface area contributed by atoms with E-state index < -0.39 is 10.0 Å². The molecule has 0 aliphatic rings. The number of aryl methyl sites for hydroxylation is 3. The summed E-state index contributed by atoms with van der Waals surface area (Å²) in [6.45, 7) is 7.86. The molecule has 0 bridgehead atoms. The first-order valence-electron chi connectivity index (χ1n) is 11.0. The van der Waals surface area contributed by atoms with Crippen molar-refractivity contribution in [3.8, 4) is 11.5 Å². The summed E-state index contributed by atoms with van der Waals surface area (Å²) in [6, 6.07) is 14.4. The van der Waals surface area contributed by atoms with Crippen LogP contribution in [0.2, 0.25) is 5.02 Å². The molecule has 3 rings (SSSR count). The van der Waals surface area contributed by atoms with Crippen molar-refractivity contribution in [2.75, 3.05) is 18.4 Å². The molecule has 0 aliphatic heterocycles. The van der Waals surface area contributed by atoms with Crippen LogP contribution in [-0.4, -0.2) is 28.0 Å². The second-order valence-electron chi connectivity index (χ2n) is 8.30. The molecule has 7 nitrogen and oxygen atoms in total. The van der Waals surface area contributed by atoms with Crippen molar-refractivity contribution in [3.05, 3.63) is 81.9 Å². The highest BCUT2D eigenvalue weighted by atomic mass is 35.5. The van der Waals surface area contributed by atoms with Crippen molar-refractivity contribution in [2.45, 2.75) is 38.6 Å². The second kappa shape index (κ2) is 11.0. The van der Waals surface area contributed by atoms with Crippen molar-refractivity contribution in [3.63, 3.8) is 0 Å². The van der Waals surface area contributed by atoms with Gasteiger partial charge in [-0.3, -0.25) is 9.52 Å². The normalized spacial score (nSPS) is 12.1. The summed E-state index contributed by atoms with van der Waals surface area (Å²) in [6.07, 6.45) is 0. The third kappa shape index (κ3) is 6.68. The average Bonchev–Trinajstić information content (AvgIpc) is 2.80. The topological polar surface area (TPSA) is 93.7 Å². The first-order chi connectivity index (χ1) is 16.5. The van der Waals surface area contributed by atoms with E-state index in [0.717, 1.165) is 11.1 Å². The summed E-state index contributed by atoms with van der Waals surface area (Å²) in [5.41, 5.74) is 4.86. The maximum Gasteiger partial charge on any atom is 0.261 e. The molecular weight excluding hydrogens is 488 g/mol. The van der Waals surface area contributed by atoms with Crippen LogP contribution in [0, 0.1) is 20.8 Å². The van der Waals surface area contributed by atoms with Crippen molar-refractivity contribution >= 4 is 33.2 Å². The molecule has 186 valence electrons. The third-order valence-corrected chi connectivity index (χ3v) is 7.33. The van der Waals surface area contributed by atoms with Gasteiger partial charge in [-0.25, -0.2) is 8.42 Å². The first kappa shape index (κ1) is 26.4. The standard InChI is InChI=1S/C26H29ClN2O5S/c1-16-12-18(3)23(13-17(16)2)19(4)28-26(30)15-34-21-7-9-22(10-8-21)35(31,32)29-20-6-11-25(33-5)24(27)14-20/h6-14,19,29H,15H2,1-5H3,(H,28,30)/t19-/m1/s1. The van der Waals surface area contributed by atoms with Crippen LogP contribution >= 0.6 is 11.6 Å². The Morgan fingerprint density at radius 2 is 1.63 bits per heavy atom. The Kier molecular flexibility index (Phi) is 8.30. The Morgan fingerprint density at radius 1 is 0.971 bits per heavy atom. The number of rotatable bonds is 9. The fourth-order valence-corrected chi connectivity index (χ4v) is 4.93. The van der Waals surface area contributed by atoms with Crippen LogP contribution in [0.1, 0.15) is 35.2 Å². The number of ether oxygens (including phenoxy) is 2. The molecule has 3 aromatic carbocycles. The molecular formula is C26H29ClN2O5S. The van der Waals surface area contributed by atoms with E-state index in [-0.39, 0.29) is 28.5 Å². The lowest BCUT2D eigenvalue weighted by molar-refractivity contribution is -0.123. The number of benzene rings is 3. The van der Waals surface area contributed by atoms with Crippen LogP contribution in [-0.2, 0) is 14.8 Å². The quantitative estimate of drug-likeness (QED) is 0.401. The van der Waals surface area contributed by atoms with E-state index in [1.807, 2.05) is 20.8 Å². The zero-order chi connectivity index (χ0) is 25.8. The van der Waals surface area contributed by atoms with Gasteiger partial charge < -0.3 is 14.8 Å². The van der Waals surface area contributed by atoms with Gasteiger partial charge in [0, 0.05) is 0 Å². The highest BCUT2D eigenvalue weighted by Gasteiger charge is 2.16. The van der Waals surface area contributed by atoms with E-state index in [9.17, 15) is 13.2 Å². The minimum Gasteiger partial charge on any atom is -0.495 e. The molecule has 1 amide bonds. The number of carbonyl (C=O) groups is 1. The molecule has 0 heterocycles. The Balaban J connectivity index is 1.58. The van der Waals surface area contributed by atoms with E-state index in [1.54, 1.807) is 12.1 Å². The van der Waals surface area contributed by atoms with Gasteiger partial charge in [-0.15, -0.1) is 0 Å². The summed E-state index contributed by atoms with van der Waals surface area (Å²) in [5, 5.41) is 3.23. The monoisotopic (exact) mass is 516 g/mol. The van der Waals surface area contributed by atoms with Gasteiger partial charge >= 0.3 is 0 Å². The van der Waals surface area contributed by atoms with Gasteiger partial charge in [-0.2, -0.15) is 0 Å². The fourth-order valence-electron chi connectivity index (χ4n) is 3.62. The third-order valence-electron chi connectivity index (χ3n) is 5.63. The summed E-state index contributed by atoms with van der Waals surface area (Å²) >= 11 is 6.06. The van der Waals surface area contributed by atoms with E-state index in [1.165, 1.54) is 48.6 Å². The number of carbonyl (C=O) groups excluding carboxylic acids is 1. The lowest BCUT2D eigenvalue weighted by Gasteiger charge is -2.18. The molecule has 0 radical (unpaired) electrons. The summed E-state index contributed by atoms with van der Waals surface area (Å²) in [7, 11) is -2.36. The van der Waals surface area contributed by atoms with Crippen molar-refractivity contribution in [2.24, 2.45) is 0 Å². The van der Waals surface area contributed by atoms with Crippen molar-refractivity contribution in [1.29, 1.82) is 0 Å². The molecule has 0 fully saturated rings. The zero-order valence-electron chi connectivity index (χ0n) is 20.3. The van der Waals surface area contributed by atoms with E-state index in [2.05, 4.69) is 29.1 Å². The highest BCUT2D eigenvalue weighted by molar-refractivity contribution is 7.92. The maximum atomic E-state index is 12.7. The van der Waals surface area contributed by atoms with Crippen LogP contribution in [0.5, 0.6) is 11.5 Å². The summed E-state index contributed by atoms with van der Waals surface area (Å²) < 4.78 is 38.5. The Bertz CT molecular complexity index is 1320. The number of nitrogens with one attached hydrogen (secondary N) is 2. The van der Waals surface area contributed by atoms with Gasteiger partial charge in [0.15, 0.2) is 6.61 Å². The van der Waals surface area contributed by atoms with Crippen LogP contribution in [0.25, 0.3) is 0 Å². The van der Waals surface area contributed by atoms with E-state index in [4.69, 9.17) is 21.1 Å². The van der Waals surface area contributed by atoms with Crippen LogP contribution < -0.4 is 19.5 Å². The number of methoxy groups -OCH3 is 1. The molecule has 0 aliphatic carbocycles. The van der Waals surface area contributed by atoms with Gasteiger partial charge in [-0.05, 0) is 92.4 Å². The molecule has 2 N–H and O–H groups in total. The largest absolute Gasteiger partial charge is 0.495 e. The Morgan fingerprint density at radius 3 is 2.26 bits per heavy atom. The first-order valence-corrected chi connectivity index (χ1v) is 12.8. The molecule has 35 heavy (non-hydrogen) atoms. The fraction of sp³-hybridized carbons (Fsp3) is 0.269. The second-order valence-corrected chi connectivity index (χ2v) is 10.4. The molecule has 3 aromatic rings. The molecule has 0 unspecified atom stereocenters. The molecule has 9 heteroatoms. The van der Waals surface area contributed by atoms with E-state index in [0.29, 0.717) is 17.2 Å². The Labute approximate surface area is 211 Å². The zero-order valence-corrected chi connectivity index (χ0v) is 21.9. The summed E-state index contributed by atoms with van der Waals surface area (Å²) in [5.74, 6) is 0.546. The highest BCUT2D eigenvalue weighted by Crippen LogP contribution is 2.29. The molecule has 1 atom stereocenters. The van der Waals surface area contributed by atoms with Crippen LogP contribution in [0.4, 0.5) is 5.69 Å². The molecule has 0 saturated heterocycles. The van der Waals surface area contributed by atoms with Crippen molar-refractivity contribution in [1.82, 2.24) is 5.32 Å². The predicted octanol–water partition coefficient (Wildman–Crippen LogP) is 5.33. The van der Waals surface area contributed by atoms with Gasteiger partial charge in [0.25, 0.3) is 15.9 Å². The Hall–Kier alpha value is -3.23. The minimum atomic E-state index is -3.84. The summed E-state index contributed by atoms with van der Waals surface area (Å²) in [4.78, 5) is 12.4. The van der Waals surface area contributed by atoms with Crippen LogP contribution in [0.15, 0.2) is 59.5 Å². The van der Waals surface area contributed by atoms with Gasteiger partial charge in [-0.1, -0.05) is 23.7 Å². The number of hydrogen-bond acceptors (Lipinski definition) is 5. The number of hydrogen-bond donors (Lipinski definition) is 2. The number of halogens is 1. The maximum absolute atomic E-state index is 12.7. The average molecular weight is 517 g/mol.